The van der Waals surface area contributed by atoms with Crippen LogP contribution in [0.25, 0.3) is 17.4 Å². The molecule has 0 radical (unpaired) electrons. The van der Waals surface area contributed by atoms with Crippen LogP contribution in [0.4, 0.5) is 11.6 Å². The maximum Gasteiger partial charge on any atom is 0.245 e. The lowest BCUT2D eigenvalue weighted by Crippen LogP contribution is -2.01. The normalized spacial score (nSPS) is 10.9. The van der Waals surface area contributed by atoms with Crippen molar-refractivity contribution in [3.8, 4) is 17.4 Å². The van der Waals surface area contributed by atoms with Crippen LogP contribution in [0.2, 0.25) is 0 Å². The van der Waals surface area contributed by atoms with Crippen molar-refractivity contribution in [3.05, 3.63) is 66.3 Å². The highest BCUT2D eigenvalue weighted by Crippen LogP contribution is 2.22. The van der Waals surface area contributed by atoms with E-state index in [2.05, 4.69) is 47.7 Å². The molecule has 0 amide bonds. The molecule has 0 aromatic carbocycles. The summed E-state index contributed by atoms with van der Waals surface area (Å²) in [6.45, 7) is 8.33. The van der Waals surface area contributed by atoms with E-state index in [0.29, 0.717) is 35.1 Å². The highest BCUT2D eigenvalue weighted by atomic mass is 16.4. The third-order valence-corrected chi connectivity index (χ3v) is 4.27. The number of anilines is 2. The van der Waals surface area contributed by atoms with E-state index in [4.69, 9.17) is 15.9 Å². The van der Waals surface area contributed by atoms with Crippen LogP contribution >= 0.6 is 0 Å². The molecule has 4 rings (SSSR count). The van der Waals surface area contributed by atoms with Gasteiger partial charge in [0, 0.05) is 12.1 Å². The zero-order valence-corrected chi connectivity index (χ0v) is 17.6. The van der Waals surface area contributed by atoms with Gasteiger partial charge in [0.2, 0.25) is 5.89 Å². The summed E-state index contributed by atoms with van der Waals surface area (Å²) in [6.07, 6.45) is 3.63. The Morgan fingerprint density at radius 2 is 1.57 bits per heavy atom. The van der Waals surface area contributed by atoms with Gasteiger partial charge in [-0.15, -0.1) is 0 Å². The van der Waals surface area contributed by atoms with Crippen molar-refractivity contribution in [1.82, 2.24) is 24.7 Å². The molecule has 4 aromatic rings. The Balaban J connectivity index is 0.000000171. The second-order valence-electron chi connectivity index (χ2n) is 7.43. The molecule has 8 nitrogen and oxygen atoms in total. The zero-order valence-electron chi connectivity index (χ0n) is 17.6. The minimum atomic E-state index is 0.326. The predicted molar refractivity (Wildman–Crippen MR) is 118 cm³/mol. The van der Waals surface area contributed by atoms with E-state index < -0.39 is 0 Å². The van der Waals surface area contributed by atoms with E-state index in [1.807, 2.05) is 36.5 Å². The van der Waals surface area contributed by atoms with Crippen molar-refractivity contribution < 1.29 is 4.42 Å². The van der Waals surface area contributed by atoms with E-state index in [1.54, 1.807) is 23.0 Å². The Hall–Kier alpha value is -3.68. The largest absolute Gasteiger partial charge is 0.440 e. The molecule has 156 valence electrons. The fourth-order valence-corrected chi connectivity index (χ4v) is 2.58. The Morgan fingerprint density at radius 3 is 2.13 bits per heavy atom. The molecule has 0 aliphatic heterocycles. The minimum absolute atomic E-state index is 0.326. The molecule has 4 heterocycles. The van der Waals surface area contributed by atoms with Gasteiger partial charge in [0.1, 0.15) is 23.1 Å². The topological polar surface area (TPSA) is 122 Å². The van der Waals surface area contributed by atoms with Crippen LogP contribution in [0.15, 0.2) is 59.3 Å². The van der Waals surface area contributed by atoms with Gasteiger partial charge in [0.15, 0.2) is 5.82 Å². The lowest BCUT2D eigenvalue weighted by molar-refractivity contribution is 0.493. The van der Waals surface area contributed by atoms with E-state index in [9.17, 15) is 0 Å². The molecule has 0 bridgehead atoms. The molecule has 0 unspecified atom stereocenters. The summed E-state index contributed by atoms with van der Waals surface area (Å²) in [5.74, 6) is 3.85. The van der Waals surface area contributed by atoms with Gasteiger partial charge in [-0.2, -0.15) is 5.10 Å². The molecule has 30 heavy (non-hydrogen) atoms. The van der Waals surface area contributed by atoms with E-state index in [1.165, 1.54) is 0 Å². The Bertz CT molecular complexity index is 1010. The van der Waals surface area contributed by atoms with Crippen molar-refractivity contribution in [1.29, 1.82) is 0 Å². The number of hydrogen-bond acceptors (Lipinski definition) is 7. The first-order valence-electron chi connectivity index (χ1n) is 9.80. The summed E-state index contributed by atoms with van der Waals surface area (Å²) in [5, 5.41) is 4.42. The van der Waals surface area contributed by atoms with Gasteiger partial charge < -0.3 is 15.9 Å². The van der Waals surface area contributed by atoms with Gasteiger partial charge in [-0.25, -0.2) is 19.6 Å². The van der Waals surface area contributed by atoms with Crippen LogP contribution in [0, 0.1) is 0 Å². The number of rotatable bonds is 4. The first-order chi connectivity index (χ1) is 14.3. The summed E-state index contributed by atoms with van der Waals surface area (Å²) in [4.78, 5) is 12.5. The third-order valence-electron chi connectivity index (χ3n) is 4.27. The minimum Gasteiger partial charge on any atom is -0.440 e. The second kappa shape index (κ2) is 9.21. The molecule has 0 aliphatic carbocycles. The molecule has 4 aromatic heterocycles. The van der Waals surface area contributed by atoms with Crippen LogP contribution in [0.1, 0.15) is 51.0 Å². The number of pyridine rings is 2. The number of hydrogen-bond donors (Lipinski definition) is 2. The molecule has 0 saturated heterocycles. The van der Waals surface area contributed by atoms with Crippen LogP contribution in [0.5, 0.6) is 0 Å². The van der Waals surface area contributed by atoms with Gasteiger partial charge in [0.05, 0.1) is 11.9 Å². The molecule has 0 saturated carbocycles. The van der Waals surface area contributed by atoms with Crippen molar-refractivity contribution >= 4 is 11.6 Å². The summed E-state index contributed by atoms with van der Waals surface area (Å²) in [7, 11) is 0. The standard InChI is InChI=1S/C11H14N4.C11H13N3O/c1-8(2)9-6-7-15(14-9)11-5-3-4-10(12)13-11;1-7(2)9-6-13-11(15-9)8-4-3-5-10(12)14-8/h3-8H,1-2H3,(H2,12,13);3-7H,1-2H3,(H2,12,14). The lowest BCUT2D eigenvalue weighted by Gasteiger charge is -2.01. The smallest absolute Gasteiger partial charge is 0.245 e. The average Bonchev–Trinajstić information content (AvgIpc) is 3.39. The summed E-state index contributed by atoms with van der Waals surface area (Å²) in [6, 6.07) is 12.9. The zero-order chi connectivity index (χ0) is 21.7. The molecule has 0 spiro atoms. The quantitative estimate of drug-likeness (QED) is 0.515. The van der Waals surface area contributed by atoms with Gasteiger partial charge in [-0.1, -0.05) is 39.8 Å². The fourth-order valence-electron chi connectivity index (χ4n) is 2.58. The average molecular weight is 406 g/mol. The molecule has 0 atom stereocenters. The first-order valence-corrected chi connectivity index (χ1v) is 9.80. The van der Waals surface area contributed by atoms with Gasteiger partial charge >= 0.3 is 0 Å². The highest BCUT2D eigenvalue weighted by Gasteiger charge is 2.10. The summed E-state index contributed by atoms with van der Waals surface area (Å²) < 4.78 is 7.30. The molecule has 4 N–H and O–H groups in total. The molecular weight excluding hydrogens is 378 g/mol. The Labute approximate surface area is 176 Å². The van der Waals surface area contributed by atoms with Crippen LogP contribution in [0.3, 0.4) is 0 Å². The maximum atomic E-state index is 5.61. The predicted octanol–water partition coefficient (Wildman–Crippen LogP) is 4.42. The highest BCUT2D eigenvalue weighted by molar-refractivity contribution is 5.50. The number of aromatic nitrogens is 5. The number of nitrogen functional groups attached to an aromatic ring is 2. The van der Waals surface area contributed by atoms with E-state index in [0.717, 1.165) is 17.3 Å². The Morgan fingerprint density at radius 1 is 0.867 bits per heavy atom. The lowest BCUT2D eigenvalue weighted by atomic mass is 10.1. The summed E-state index contributed by atoms with van der Waals surface area (Å²) in [5.41, 5.74) is 12.9. The van der Waals surface area contributed by atoms with Crippen LogP contribution in [-0.4, -0.2) is 24.7 Å². The monoisotopic (exact) mass is 405 g/mol. The second-order valence-corrected chi connectivity index (χ2v) is 7.43. The van der Waals surface area contributed by atoms with Gasteiger partial charge in [0.25, 0.3) is 0 Å². The van der Waals surface area contributed by atoms with E-state index in [-0.39, 0.29) is 0 Å². The van der Waals surface area contributed by atoms with Crippen molar-refractivity contribution in [2.75, 3.05) is 11.5 Å². The van der Waals surface area contributed by atoms with Crippen LogP contribution < -0.4 is 11.5 Å². The van der Waals surface area contributed by atoms with E-state index >= 15 is 0 Å². The van der Waals surface area contributed by atoms with Crippen molar-refractivity contribution in [2.45, 2.75) is 39.5 Å². The van der Waals surface area contributed by atoms with Crippen molar-refractivity contribution in [3.63, 3.8) is 0 Å². The number of oxazole rings is 1. The molecular formula is C22H27N7O. The van der Waals surface area contributed by atoms with Crippen molar-refractivity contribution in [2.24, 2.45) is 0 Å². The van der Waals surface area contributed by atoms with Gasteiger partial charge in [-0.3, -0.25) is 0 Å². The van der Waals surface area contributed by atoms with Gasteiger partial charge in [-0.05, 0) is 36.2 Å². The SMILES string of the molecule is CC(C)c1ccn(-c2cccc(N)n2)n1.CC(C)c1cnc(-c2cccc(N)n2)o1. The molecule has 0 fully saturated rings. The Kier molecular flexibility index (Phi) is 6.46. The third kappa shape index (κ3) is 5.22. The number of nitrogens with zero attached hydrogens (tertiary/aromatic N) is 5. The van der Waals surface area contributed by atoms with Crippen LogP contribution in [-0.2, 0) is 0 Å². The fraction of sp³-hybridized carbons (Fsp3) is 0.273. The maximum absolute atomic E-state index is 5.61. The molecule has 8 heteroatoms. The molecule has 0 aliphatic rings. The first kappa shape index (κ1) is 21.0. The number of nitrogens with two attached hydrogens (primary N) is 2. The summed E-state index contributed by atoms with van der Waals surface area (Å²) >= 11 is 0.